The number of amides is 1. The molecule has 4 atom stereocenters. The van der Waals surface area contributed by atoms with E-state index in [1.807, 2.05) is 30.1 Å². The number of aliphatic hydroxyl groups is 1. The van der Waals surface area contributed by atoms with Gasteiger partial charge in [-0.05, 0) is 50.0 Å². The fraction of sp³-hybridized carbons (Fsp3) is 0.545. The average Bonchev–Trinajstić information content (AvgIpc) is 3.25. The number of likely N-dealkylation sites (tertiary alicyclic amines) is 1. The second-order valence-corrected chi connectivity index (χ2v) is 9.27. The molecule has 0 bridgehead atoms. The van der Waals surface area contributed by atoms with E-state index < -0.39 is 0 Å². The van der Waals surface area contributed by atoms with E-state index in [1.54, 1.807) is 11.1 Å². The Kier molecular flexibility index (Phi) is 4.27. The molecule has 3 aromatic rings. The molecule has 9 nitrogen and oxygen atoms in total. The van der Waals surface area contributed by atoms with Crippen molar-refractivity contribution >= 4 is 28.6 Å². The van der Waals surface area contributed by atoms with Gasteiger partial charge in [-0.3, -0.25) is 4.79 Å². The minimum Gasteiger partial charge on any atom is -0.394 e. The molecular weight excluding hydrogens is 394 g/mol. The van der Waals surface area contributed by atoms with E-state index in [1.165, 1.54) is 19.3 Å². The summed E-state index contributed by atoms with van der Waals surface area (Å²) in [5.41, 5.74) is 2.20. The Labute approximate surface area is 180 Å². The summed E-state index contributed by atoms with van der Waals surface area (Å²) in [6.45, 7) is 0.690. The molecule has 0 radical (unpaired) electrons. The summed E-state index contributed by atoms with van der Waals surface area (Å²) in [6.07, 6.45) is 11.1. The molecule has 4 heterocycles. The molecular formula is C22H27N7O2. The van der Waals surface area contributed by atoms with Crippen molar-refractivity contribution in [2.24, 2.45) is 18.9 Å². The maximum Gasteiger partial charge on any atom is 0.270 e. The third-order valence-corrected chi connectivity index (χ3v) is 7.23. The lowest BCUT2D eigenvalue weighted by Gasteiger charge is -2.23. The van der Waals surface area contributed by atoms with Gasteiger partial charge in [0.25, 0.3) is 5.91 Å². The second-order valence-electron chi connectivity index (χ2n) is 9.27. The fourth-order valence-electron chi connectivity index (χ4n) is 5.46. The highest BCUT2D eigenvalue weighted by atomic mass is 16.3. The van der Waals surface area contributed by atoms with E-state index in [0.29, 0.717) is 24.2 Å². The summed E-state index contributed by atoms with van der Waals surface area (Å²) in [7, 11) is 1.85. The van der Waals surface area contributed by atoms with Crippen LogP contribution in [0.4, 0.5) is 11.6 Å². The number of nitrogens with one attached hydrogen (secondary N) is 1. The number of rotatable bonds is 5. The Morgan fingerprint density at radius 1 is 1.26 bits per heavy atom. The van der Waals surface area contributed by atoms with Gasteiger partial charge in [0.1, 0.15) is 5.69 Å². The summed E-state index contributed by atoms with van der Waals surface area (Å²) in [5, 5.41) is 18.3. The van der Waals surface area contributed by atoms with Crippen LogP contribution in [-0.2, 0) is 7.05 Å². The Hall–Kier alpha value is -2.94. The van der Waals surface area contributed by atoms with E-state index in [9.17, 15) is 9.90 Å². The summed E-state index contributed by atoms with van der Waals surface area (Å²) < 4.78 is 3.88. The van der Waals surface area contributed by atoms with Gasteiger partial charge in [-0.15, -0.1) is 0 Å². The van der Waals surface area contributed by atoms with E-state index in [4.69, 9.17) is 4.98 Å². The lowest BCUT2D eigenvalue weighted by Crippen LogP contribution is -2.38. The highest BCUT2D eigenvalue weighted by Gasteiger charge is 2.47. The van der Waals surface area contributed by atoms with Crippen LogP contribution in [0.2, 0.25) is 0 Å². The largest absolute Gasteiger partial charge is 0.394 e. The number of hydrogen-bond acceptors (Lipinski definition) is 6. The monoisotopic (exact) mass is 421 g/mol. The third-order valence-electron chi connectivity index (χ3n) is 7.23. The molecule has 9 heteroatoms. The summed E-state index contributed by atoms with van der Waals surface area (Å²) in [5.74, 6) is 2.20. The number of aromatic nitrogens is 5. The predicted octanol–water partition coefficient (Wildman–Crippen LogP) is 2.48. The Morgan fingerprint density at radius 3 is 2.90 bits per heavy atom. The molecule has 3 aliphatic rings. The van der Waals surface area contributed by atoms with Crippen LogP contribution in [0.1, 0.15) is 48.6 Å². The zero-order chi connectivity index (χ0) is 21.1. The number of anilines is 2. The van der Waals surface area contributed by atoms with E-state index in [-0.39, 0.29) is 18.6 Å². The molecule has 6 rings (SSSR count). The van der Waals surface area contributed by atoms with Crippen molar-refractivity contribution in [2.75, 3.05) is 18.5 Å². The molecule has 1 amide bonds. The summed E-state index contributed by atoms with van der Waals surface area (Å²) >= 11 is 0. The van der Waals surface area contributed by atoms with Crippen molar-refractivity contribution < 1.29 is 9.90 Å². The molecule has 1 saturated heterocycles. The van der Waals surface area contributed by atoms with Crippen LogP contribution in [-0.4, -0.2) is 59.4 Å². The number of aryl methyl sites for hydroxylation is 1. The van der Waals surface area contributed by atoms with E-state index in [0.717, 1.165) is 41.4 Å². The summed E-state index contributed by atoms with van der Waals surface area (Å²) in [6, 6.07) is 2.17. The zero-order valence-corrected chi connectivity index (χ0v) is 17.6. The number of carbonyl (C=O) groups is 1. The first-order valence-electron chi connectivity index (χ1n) is 11.2. The average molecular weight is 422 g/mol. The standard InChI is InChI=1S/C22H27N7O2/c1-27-11-16(8-19(27)21(31)28-4-2-3-17(28)12-30)25-22-23-9-15-10-24-29(20(15)26-22)18-6-13-5-14(13)7-18/h8-11,13-14,17-18,30H,2-7,12H2,1H3,(H,23,25,26)/t13-,14+,17-,18?/m1/s1. The van der Waals surface area contributed by atoms with Gasteiger partial charge in [0, 0.05) is 26.0 Å². The van der Waals surface area contributed by atoms with Crippen molar-refractivity contribution in [3.8, 4) is 0 Å². The minimum absolute atomic E-state index is 0.00525. The smallest absolute Gasteiger partial charge is 0.270 e. The number of aliphatic hydroxyl groups excluding tert-OH is 1. The van der Waals surface area contributed by atoms with Gasteiger partial charge < -0.3 is 19.9 Å². The number of carbonyl (C=O) groups excluding carboxylic acids is 1. The molecule has 2 N–H and O–H groups in total. The molecule has 1 unspecified atom stereocenters. The van der Waals surface area contributed by atoms with Gasteiger partial charge >= 0.3 is 0 Å². The maximum atomic E-state index is 13.0. The number of hydrogen-bond donors (Lipinski definition) is 2. The van der Waals surface area contributed by atoms with Crippen LogP contribution >= 0.6 is 0 Å². The van der Waals surface area contributed by atoms with Crippen LogP contribution in [0, 0.1) is 11.8 Å². The molecule has 3 fully saturated rings. The van der Waals surface area contributed by atoms with Crippen molar-refractivity contribution in [3.05, 3.63) is 30.4 Å². The van der Waals surface area contributed by atoms with Crippen molar-refractivity contribution in [1.29, 1.82) is 0 Å². The van der Waals surface area contributed by atoms with Crippen molar-refractivity contribution in [1.82, 2.24) is 29.2 Å². The molecule has 162 valence electrons. The molecule has 0 aromatic carbocycles. The van der Waals surface area contributed by atoms with Crippen LogP contribution in [0.25, 0.3) is 11.0 Å². The third kappa shape index (κ3) is 3.18. The Balaban J connectivity index is 1.24. The van der Waals surface area contributed by atoms with Crippen molar-refractivity contribution in [2.45, 2.75) is 44.2 Å². The van der Waals surface area contributed by atoms with Crippen LogP contribution in [0.15, 0.2) is 24.7 Å². The molecule has 31 heavy (non-hydrogen) atoms. The number of fused-ring (bicyclic) bond motifs is 2. The topological polar surface area (TPSA) is 101 Å². The maximum absolute atomic E-state index is 13.0. The van der Waals surface area contributed by atoms with Gasteiger partial charge in [0.2, 0.25) is 5.95 Å². The first-order chi connectivity index (χ1) is 15.1. The highest BCUT2D eigenvalue weighted by Crippen LogP contribution is 2.56. The van der Waals surface area contributed by atoms with Gasteiger partial charge in [-0.1, -0.05) is 0 Å². The fourth-order valence-corrected chi connectivity index (χ4v) is 5.46. The molecule has 0 spiro atoms. The molecule has 1 aliphatic heterocycles. The quantitative estimate of drug-likeness (QED) is 0.656. The van der Waals surface area contributed by atoms with Gasteiger partial charge in [-0.2, -0.15) is 10.1 Å². The Morgan fingerprint density at radius 2 is 2.10 bits per heavy atom. The highest BCUT2D eigenvalue weighted by molar-refractivity contribution is 5.94. The lowest BCUT2D eigenvalue weighted by atomic mass is 10.2. The van der Waals surface area contributed by atoms with Gasteiger partial charge in [0.15, 0.2) is 5.65 Å². The molecule has 3 aromatic heterocycles. The Bertz CT molecular complexity index is 1140. The SMILES string of the molecule is Cn1cc(Nc2ncc3cnn(C4C[C@@H]5C[C@@H]5C4)c3n2)cc1C(=O)N1CCC[C@@H]1CO. The predicted molar refractivity (Wildman–Crippen MR) is 115 cm³/mol. The number of nitrogens with zero attached hydrogens (tertiary/aromatic N) is 6. The van der Waals surface area contributed by atoms with Crippen LogP contribution in [0.3, 0.4) is 0 Å². The van der Waals surface area contributed by atoms with Gasteiger partial charge in [0.05, 0.1) is 36.0 Å². The van der Waals surface area contributed by atoms with Crippen molar-refractivity contribution in [3.63, 3.8) is 0 Å². The first-order valence-corrected chi connectivity index (χ1v) is 11.2. The first kappa shape index (κ1) is 18.8. The van der Waals surface area contributed by atoms with Crippen LogP contribution < -0.4 is 5.32 Å². The molecule has 2 aliphatic carbocycles. The molecule has 2 saturated carbocycles. The minimum atomic E-state index is -0.0912. The van der Waals surface area contributed by atoms with Gasteiger partial charge in [-0.25, -0.2) is 9.67 Å². The van der Waals surface area contributed by atoms with E-state index in [2.05, 4.69) is 20.1 Å². The van der Waals surface area contributed by atoms with Crippen LogP contribution in [0.5, 0.6) is 0 Å². The zero-order valence-electron chi connectivity index (χ0n) is 17.6. The normalized spacial score (nSPS) is 27.1. The summed E-state index contributed by atoms with van der Waals surface area (Å²) in [4.78, 5) is 23.9. The second kappa shape index (κ2) is 7.05. The lowest BCUT2D eigenvalue weighted by molar-refractivity contribution is 0.0668. The van der Waals surface area contributed by atoms with E-state index >= 15 is 0 Å².